The third kappa shape index (κ3) is 5.65. The zero-order valence-corrected chi connectivity index (χ0v) is 23.4. The molecular formula is C25H30FN6O7P. The highest BCUT2D eigenvalue weighted by Crippen LogP contribution is 2.48. The van der Waals surface area contributed by atoms with Crippen molar-refractivity contribution >= 4 is 30.7 Å². The summed E-state index contributed by atoms with van der Waals surface area (Å²) in [7, 11) is 0.416. The van der Waals surface area contributed by atoms with E-state index in [1.54, 1.807) is 44.1 Å². The number of methoxy groups -OCH3 is 1. The fraction of sp³-hybridized carbons (Fsp3) is 0.440. The summed E-state index contributed by atoms with van der Waals surface area (Å²) in [6.45, 7) is 2.44. The summed E-state index contributed by atoms with van der Waals surface area (Å²) in [6, 6.07) is 6.96. The maximum absolute atomic E-state index is 16.2. The van der Waals surface area contributed by atoms with Crippen LogP contribution in [0.25, 0.3) is 11.2 Å². The number of nitrogens with one attached hydrogen (secondary N) is 1. The van der Waals surface area contributed by atoms with Crippen LogP contribution in [-0.2, 0) is 23.4 Å². The van der Waals surface area contributed by atoms with Crippen LogP contribution in [0.1, 0.15) is 19.0 Å². The molecule has 0 spiro atoms. The van der Waals surface area contributed by atoms with Crippen molar-refractivity contribution in [3.63, 3.8) is 0 Å². The summed E-state index contributed by atoms with van der Waals surface area (Å²) in [5, 5.41) is 13.4. The van der Waals surface area contributed by atoms with Crippen LogP contribution in [0, 0.1) is 19.3 Å². The molecular weight excluding hydrogens is 546 g/mol. The summed E-state index contributed by atoms with van der Waals surface area (Å²) in [5.74, 6) is 2.32. The molecule has 0 unspecified atom stereocenters. The molecule has 0 bridgehead atoms. The lowest BCUT2D eigenvalue weighted by atomic mass is 9.97. The van der Waals surface area contributed by atoms with E-state index in [1.807, 2.05) is 5.92 Å². The minimum Gasteiger partial charge on any atom is -0.468 e. The summed E-state index contributed by atoms with van der Waals surface area (Å²) >= 11 is 0. The Morgan fingerprint density at radius 3 is 2.70 bits per heavy atom. The van der Waals surface area contributed by atoms with Gasteiger partial charge < -0.3 is 24.0 Å². The van der Waals surface area contributed by atoms with Crippen LogP contribution in [0.5, 0.6) is 5.75 Å². The second-order valence-electron chi connectivity index (χ2n) is 9.27. The predicted octanol–water partition coefficient (Wildman–Crippen LogP) is 2.16. The van der Waals surface area contributed by atoms with E-state index >= 15 is 4.39 Å². The summed E-state index contributed by atoms with van der Waals surface area (Å²) in [6.07, 6.45) is 1.97. The number of para-hydroxylation sites is 1. The number of alkyl halides is 1. The van der Waals surface area contributed by atoms with Crippen molar-refractivity contribution < 1.29 is 37.4 Å². The molecule has 1 aliphatic heterocycles. The van der Waals surface area contributed by atoms with Crippen LogP contribution in [-0.4, -0.2) is 82.3 Å². The fourth-order valence-electron chi connectivity index (χ4n) is 4.15. The molecule has 1 fully saturated rings. The van der Waals surface area contributed by atoms with Crippen molar-refractivity contribution in [2.45, 2.75) is 44.0 Å². The zero-order valence-electron chi connectivity index (χ0n) is 22.5. The number of hydrogen-bond donors (Lipinski definition) is 2. The number of hydrogen-bond acceptors (Lipinski definition) is 11. The molecule has 2 aromatic heterocycles. The maximum atomic E-state index is 16.2. The van der Waals surface area contributed by atoms with E-state index in [-0.39, 0.29) is 11.4 Å². The SMILES string of the molecule is C#C[C@@]1(F)[C@H](O)[C@@H](CO[P@](=O)(N[C@@H](C)C(=O)OC)Oc2ccccc2)O[C@H]1n1cnc2c(N(C)C)nc(C)nc21. The first-order chi connectivity index (χ1) is 18.9. The highest BCUT2D eigenvalue weighted by atomic mass is 31.2. The molecule has 1 aromatic carbocycles. The Bertz CT molecular complexity index is 1470. The highest BCUT2D eigenvalue weighted by Gasteiger charge is 2.58. The molecule has 15 heteroatoms. The number of aromatic nitrogens is 4. The number of halogens is 1. The molecule has 2 N–H and O–H groups in total. The monoisotopic (exact) mass is 576 g/mol. The second-order valence-corrected chi connectivity index (χ2v) is 11.0. The molecule has 1 aliphatic rings. The molecule has 0 amide bonds. The maximum Gasteiger partial charge on any atom is 0.459 e. The van der Waals surface area contributed by atoms with Crippen molar-refractivity contribution in [2.24, 2.45) is 0 Å². The second kappa shape index (κ2) is 11.5. The van der Waals surface area contributed by atoms with E-state index in [0.717, 1.165) is 0 Å². The number of aliphatic hydroxyl groups excluding tert-OH is 1. The third-order valence-corrected chi connectivity index (χ3v) is 7.79. The first kappa shape index (κ1) is 29.4. The van der Waals surface area contributed by atoms with E-state index in [4.69, 9.17) is 20.2 Å². The first-order valence-electron chi connectivity index (χ1n) is 12.2. The Labute approximate surface area is 230 Å². The van der Waals surface area contributed by atoms with Crippen LogP contribution >= 0.6 is 7.75 Å². The number of imidazole rings is 1. The number of esters is 1. The van der Waals surface area contributed by atoms with Gasteiger partial charge in [0.15, 0.2) is 23.2 Å². The Morgan fingerprint density at radius 2 is 2.08 bits per heavy atom. The molecule has 0 saturated carbocycles. The number of carbonyl (C=O) groups excluding carboxylic acids is 1. The van der Waals surface area contributed by atoms with Gasteiger partial charge in [-0.3, -0.25) is 13.9 Å². The predicted molar refractivity (Wildman–Crippen MR) is 142 cm³/mol. The minimum absolute atomic E-state index is 0.168. The number of fused-ring (bicyclic) bond motifs is 1. The minimum atomic E-state index is -4.30. The first-order valence-corrected chi connectivity index (χ1v) is 13.7. The highest BCUT2D eigenvalue weighted by molar-refractivity contribution is 7.52. The standard InChI is InChI=1S/C25H30FN6O7P/c1-7-25(26)20(33)18(38-24(25)32-14-27-19-21(31(4)5)28-16(3)29-22(19)32)13-37-40(35,30-15(2)23(34)36-6)39-17-11-9-8-10-12-17/h1,8-12,14-15,18,20,24,33H,13H2,2-6H3,(H,30,35)/t15-,18+,20+,24+,25+,40+/m0/s1. The quantitative estimate of drug-likeness (QED) is 0.207. The number of terminal acetylenes is 1. The van der Waals surface area contributed by atoms with Crippen molar-refractivity contribution in [1.29, 1.82) is 0 Å². The van der Waals surface area contributed by atoms with Crippen LogP contribution in [0.2, 0.25) is 0 Å². The largest absolute Gasteiger partial charge is 0.468 e. The molecule has 1 saturated heterocycles. The lowest BCUT2D eigenvalue weighted by molar-refractivity contribution is -0.142. The van der Waals surface area contributed by atoms with Crippen LogP contribution < -0.4 is 14.5 Å². The van der Waals surface area contributed by atoms with E-state index in [1.165, 1.54) is 37.1 Å². The van der Waals surface area contributed by atoms with Gasteiger partial charge >= 0.3 is 13.7 Å². The lowest BCUT2D eigenvalue weighted by Gasteiger charge is -2.24. The normalized spacial score (nSPS) is 24.7. The molecule has 6 atom stereocenters. The van der Waals surface area contributed by atoms with Crippen LogP contribution in [0.15, 0.2) is 36.7 Å². The van der Waals surface area contributed by atoms with Crippen molar-refractivity contribution in [3.05, 3.63) is 42.5 Å². The van der Waals surface area contributed by atoms with Gasteiger partial charge in [0.05, 0.1) is 20.0 Å². The third-order valence-electron chi connectivity index (χ3n) is 6.14. The summed E-state index contributed by atoms with van der Waals surface area (Å²) in [4.78, 5) is 26.8. The Morgan fingerprint density at radius 1 is 1.38 bits per heavy atom. The van der Waals surface area contributed by atoms with Crippen molar-refractivity contribution in [1.82, 2.24) is 24.6 Å². The number of ether oxygens (including phenoxy) is 2. The van der Waals surface area contributed by atoms with Crippen LogP contribution in [0.3, 0.4) is 0 Å². The molecule has 40 heavy (non-hydrogen) atoms. The molecule has 214 valence electrons. The van der Waals surface area contributed by atoms with Gasteiger partial charge in [-0.1, -0.05) is 24.1 Å². The Balaban J connectivity index is 1.62. The van der Waals surface area contributed by atoms with E-state index in [9.17, 15) is 14.5 Å². The Hall–Kier alpha value is -3.60. The number of rotatable bonds is 10. The number of nitrogens with zero attached hydrogens (tertiary/aromatic N) is 5. The smallest absolute Gasteiger partial charge is 0.459 e. The lowest BCUT2D eigenvalue weighted by Crippen LogP contribution is -2.42. The number of aliphatic hydroxyl groups is 1. The average Bonchev–Trinajstić information content (AvgIpc) is 3.45. The van der Waals surface area contributed by atoms with Gasteiger partial charge in [0, 0.05) is 14.1 Å². The van der Waals surface area contributed by atoms with Gasteiger partial charge in [0.1, 0.15) is 29.8 Å². The topological polar surface area (TPSA) is 150 Å². The van der Waals surface area contributed by atoms with Gasteiger partial charge in [-0.15, -0.1) is 6.42 Å². The molecule has 0 aliphatic carbocycles. The summed E-state index contributed by atoms with van der Waals surface area (Å²) < 4.78 is 52.7. The van der Waals surface area contributed by atoms with Gasteiger partial charge in [-0.05, 0) is 26.0 Å². The molecule has 0 radical (unpaired) electrons. The zero-order chi connectivity index (χ0) is 29.2. The fourth-order valence-corrected chi connectivity index (χ4v) is 5.65. The molecule has 3 heterocycles. The van der Waals surface area contributed by atoms with Crippen molar-refractivity contribution in [2.75, 3.05) is 32.7 Å². The van der Waals surface area contributed by atoms with E-state index in [2.05, 4.69) is 24.8 Å². The number of aryl methyl sites for hydroxylation is 1. The number of carbonyl (C=O) groups is 1. The van der Waals surface area contributed by atoms with Gasteiger partial charge in [0.2, 0.25) is 5.67 Å². The Kier molecular flexibility index (Phi) is 8.44. The van der Waals surface area contributed by atoms with Crippen molar-refractivity contribution in [3.8, 4) is 18.1 Å². The van der Waals surface area contributed by atoms with E-state index in [0.29, 0.717) is 17.2 Å². The van der Waals surface area contributed by atoms with E-state index < -0.39 is 50.5 Å². The molecule has 3 aromatic rings. The average molecular weight is 577 g/mol. The number of anilines is 1. The molecule has 4 rings (SSSR count). The molecule has 13 nitrogen and oxygen atoms in total. The van der Waals surface area contributed by atoms with Gasteiger partial charge in [-0.25, -0.2) is 23.9 Å². The van der Waals surface area contributed by atoms with Crippen LogP contribution in [0.4, 0.5) is 10.2 Å². The van der Waals surface area contributed by atoms with Gasteiger partial charge in [0.25, 0.3) is 0 Å². The van der Waals surface area contributed by atoms with Gasteiger partial charge in [-0.2, -0.15) is 5.09 Å². The number of benzene rings is 1. The summed E-state index contributed by atoms with van der Waals surface area (Å²) in [5.41, 5.74) is -2.14.